The van der Waals surface area contributed by atoms with Gasteiger partial charge in [-0.1, -0.05) is 36.4 Å². The van der Waals surface area contributed by atoms with Crippen LogP contribution >= 0.6 is 0 Å². The molecule has 4 rings (SSSR count). The number of halogens is 2. The molecular weight excluding hydrogens is 450 g/mol. The smallest absolute Gasteiger partial charge is 0.123 e. The minimum Gasteiger partial charge on any atom is -1.00 e. The van der Waals surface area contributed by atoms with Crippen molar-refractivity contribution in [3.63, 3.8) is 0 Å². The van der Waals surface area contributed by atoms with E-state index in [2.05, 4.69) is 49.7 Å². The fourth-order valence-corrected chi connectivity index (χ4v) is 4.96. The summed E-state index contributed by atoms with van der Waals surface area (Å²) in [4.78, 5) is 0. The molecule has 4 heteroatoms. The van der Waals surface area contributed by atoms with Gasteiger partial charge in [0.15, 0.2) is 0 Å². The molecule has 0 aromatic heterocycles. The van der Waals surface area contributed by atoms with Crippen LogP contribution in [-0.4, -0.2) is 43.8 Å². The molecule has 3 atom stereocenters. The highest BCUT2D eigenvalue weighted by molar-refractivity contribution is 5.45. The van der Waals surface area contributed by atoms with Crippen LogP contribution in [0.15, 0.2) is 48.5 Å². The van der Waals surface area contributed by atoms with E-state index in [1.54, 1.807) is 6.07 Å². The number of hydrogen-bond acceptors (Lipinski definition) is 1. The Morgan fingerprint density at radius 2 is 1.89 bits per heavy atom. The van der Waals surface area contributed by atoms with E-state index in [0.29, 0.717) is 12.1 Å². The van der Waals surface area contributed by atoms with Gasteiger partial charge in [-0.05, 0) is 48.1 Å². The SMILES string of the molecule is C[N+]1(C)CCCCC1CNC1Cc2ccccc2C1c1cccc(F)c1.[I-]. The minimum absolute atomic E-state index is 0. The van der Waals surface area contributed by atoms with Gasteiger partial charge in [0.2, 0.25) is 0 Å². The molecule has 1 aliphatic carbocycles. The predicted molar refractivity (Wildman–Crippen MR) is 105 cm³/mol. The maximum atomic E-state index is 13.9. The lowest BCUT2D eigenvalue weighted by Crippen LogP contribution is -3.00. The minimum atomic E-state index is -0.143. The fraction of sp³-hybridized carbons (Fsp3) is 0.478. The Morgan fingerprint density at radius 1 is 1.07 bits per heavy atom. The van der Waals surface area contributed by atoms with E-state index in [0.717, 1.165) is 23.0 Å². The Hall–Kier alpha value is -0.980. The molecule has 1 N–H and O–H groups in total. The van der Waals surface area contributed by atoms with E-state index >= 15 is 0 Å². The van der Waals surface area contributed by atoms with Gasteiger partial charge < -0.3 is 33.8 Å². The summed E-state index contributed by atoms with van der Waals surface area (Å²) in [6, 6.07) is 16.8. The normalized spacial score (nSPS) is 26.3. The van der Waals surface area contributed by atoms with Crippen LogP contribution in [0.5, 0.6) is 0 Å². The van der Waals surface area contributed by atoms with Crippen molar-refractivity contribution < 1.29 is 32.9 Å². The zero-order valence-electron chi connectivity index (χ0n) is 16.3. The molecule has 2 aromatic rings. The van der Waals surface area contributed by atoms with Gasteiger partial charge in [0.25, 0.3) is 0 Å². The van der Waals surface area contributed by atoms with Crippen LogP contribution in [0, 0.1) is 5.82 Å². The molecule has 0 saturated carbocycles. The number of rotatable bonds is 4. The van der Waals surface area contributed by atoms with Crippen molar-refractivity contribution in [2.75, 3.05) is 27.2 Å². The number of fused-ring (bicyclic) bond motifs is 1. The third-order valence-corrected chi connectivity index (χ3v) is 6.57. The summed E-state index contributed by atoms with van der Waals surface area (Å²) in [6.07, 6.45) is 5.00. The number of quaternary nitrogens is 1. The van der Waals surface area contributed by atoms with E-state index in [-0.39, 0.29) is 35.7 Å². The molecule has 2 nitrogen and oxygen atoms in total. The number of nitrogens with zero attached hydrogens (tertiary/aromatic N) is 1. The number of likely N-dealkylation sites (tertiary alicyclic amines) is 1. The summed E-state index contributed by atoms with van der Waals surface area (Å²) in [6.45, 7) is 2.31. The van der Waals surface area contributed by atoms with Crippen LogP contribution < -0.4 is 29.3 Å². The van der Waals surface area contributed by atoms with Crippen molar-refractivity contribution in [3.05, 3.63) is 71.0 Å². The van der Waals surface area contributed by atoms with Gasteiger partial charge in [0.05, 0.1) is 20.6 Å². The standard InChI is InChI=1S/C23H30FN2.HI/c1-26(2)13-6-5-11-20(26)16-25-22-15-17-8-3-4-12-21(17)23(22)18-9-7-10-19(24)14-18;/h3-4,7-10,12,14,20,22-23,25H,5-6,11,13,15-16H2,1-2H3;1H/q+1;/p-1. The Morgan fingerprint density at radius 3 is 2.67 bits per heavy atom. The molecule has 3 unspecified atom stereocenters. The monoisotopic (exact) mass is 480 g/mol. The van der Waals surface area contributed by atoms with Gasteiger partial charge in [-0.15, -0.1) is 0 Å². The lowest BCUT2D eigenvalue weighted by molar-refractivity contribution is -0.918. The molecule has 1 heterocycles. The molecule has 1 saturated heterocycles. The van der Waals surface area contributed by atoms with Crippen LogP contribution in [0.2, 0.25) is 0 Å². The van der Waals surface area contributed by atoms with Crippen LogP contribution in [0.4, 0.5) is 4.39 Å². The predicted octanol–water partition coefficient (Wildman–Crippen LogP) is 1.10. The third-order valence-electron chi connectivity index (χ3n) is 6.57. The Kier molecular flexibility index (Phi) is 6.59. The summed E-state index contributed by atoms with van der Waals surface area (Å²) < 4.78 is 15.0. The highest BCUT2D eigenvalue weighted by Gasteiger charge is 2.36. The maximum absolute atomic E-state index is 13.9. The van der Waals surface area contributed by atoms with Crippen molar-refractivity contribution in [2.45, 2.75) is 43.7 Å². The molecule has 0 radical (unpaired) electrons. The zero-order chi connectivity index (χ0) is 18.1. The highest BCUT2D eigenvalue weighted by atomic mass is 127. The Bertz CT molecular complexity index is 776. The van der Waals surface area contributed by atoms with Gasteiger partial charge in [0.1, 0.15) is 11.9 Å². The van der Waals surface area contributed by atoms with Gasteiger partial charge in [-0.25, -0.2) is 4.39 Å². The van der Waals surface area contributed by atoms with E-state index in [1.807, 2.05) is 6.07 Å². The first-order chi connectivity index (χ1) is 12.5. The van der Waals surface area contributed by atoms with Crippen molar-refractivity contribution in [1.82, 2.24) is 5.32 Å². The summed E-state index contributed by atoms with van der Waals surface area (Å²) in [7, 11) is 4.72. The van der Waals surface area contributed by atoms with E-state index < -0.39 is 0 Å². The number of nitrogens with one attached hydrogen (secondary N) is 1. The largest absolute Gasteiger partial charge is 1.00 e. The number of piperidine rings is 1. The summed E-state index contributed by atoms with van der Waals surface area (Å²) >= 11 is 0. The second-order valence-corrected chi connectivity index (χ2v) is 8.60. The van der Waals surface area contributed by atoms with E-state index in [9.17, 15) is 4.39 Å². The fourth-order valence-electron chi connectivity index (χ4n) is 4.96. The van der Waals surface area contributed by atoms with Crippen LogP contribution in [0.1, 0.15) is 41.9 Å². The molecule has 0 spiro atoms. The second-order valence-electron chi connectivity index (χ2n) is 8.60. The number of benzene rings is 2. The maximum Gasteiger partial charge on any atom is 0.123 e. The molecule has 1 aliphatic heterocycles. The first kappa shape index (κ1) is 20.7. The van der Waals surface area contributed by atoms with Crippen molar-refractivity contribution in [2.24, 2.45) is 0 Å². The lowest BCUT2D eigenvalue weighted by Gasteiger charge is -2.42. The quantitative estimate of drug-likeness (QED) is 0.511. The molecule has 146 valence electrons. The average Bonchev–Trinajstić information content (AvgIpc) is 2.99. The molecule has 0 amide bonds. The molecular formula is C23H30FIN2. The molecule has 2 aromatic carbocycles. The summed E-state index contributed by atoms with van der Waals surface area (Å²) in [5.74, 6) is 0.0943. The van der Waals surface area contributed by atoms with Crippen molar-refractivity contribution in [3.8, 4) is 0 Å². The van der Waals surface area contributed by atoms with Gasteiger partial charge >= 0.3 is 0 Å². The summed E-state index contributed by atoms with van der Waals surface area (Å²) in [5.41, 5.74) is 3.84. The van der Waals surface area contributed by atoms with Gasteiger partial charge in [-0.2, -0.15) is 0 Å². The summed E-state index contributed by atoms with van der Waals surface area (Å²) in [5, 5.41) is 3.88. The molecule has 0 bridgehead atoms. The third kappa shape index (κ3) is 4.38. The molecule has 27 heavy (non-hydrogen) atoms. The van der Waals surface area contributed by atoms with Crippen molar-refractivity contribution in [1.29, 1.82) is 0 Å². The first-order valence-corrected chi connectivity index (χ1v) is 9.94. The molecule has 2 aliphatic rings. The van der Waals surface area contributed by atoms with Gasteiger partial charge in [0, 0.05) is 24.9 Å². The number of likely N-dealkylation sites (N-methyl/N-ethyl adjacent to an activating group) is 1. The average molecular weight is 480 g/mol. The van der Waals surface area contributed by atoms with Gasteiger partial charge in [-0.3, -0.25) is 0 Å². The van der Waals surface area contributed by atoms with E-state index in [4.69, 9.17) is 0 Å². The Labute approximate surface area is 179 Å². The zero-order valence-corrected chi connectivity index (χ0v) is 18.5. The highest BCUT2D eigenvalue weighted by Crippen LogP contribution is 2.38. The van der Waals surface area contributed by atoms with Crippen LogP contribution in [-0.2, 0) is 6.42 Å². The molecule has 1 fully saturated rings. The number of hydrogen-bond donors (Lipinski definition) is 1. The lowest BCUT2D eigenvalue weighted by atomic mass is 9.89. The first-order valence-electron chi connectivity index (χ1n) is 9.94. The topological polar surface area (TPSA) is 12.0 Å². The van der Waals surface area contributed by atoms with Crippen LogP contribution in [0.3, 0.4) is 0 Å². The van der Waals surface area contributed by atoms with Crippen molar-refractivity contribution >= 4 is 0 Å². The van der Waals surface area contributed by atoms with E-state index in [1.165, 1.54) is 43.0 Å². The second kappa shape index (κ2) is 8.58. The van der Waals surface area contributed by atoms with Crippen LogP contribution in [0.25, 0.3) is 0 Å². The Balaban J connectivity index is 0.00000210.